The van der Waals surface area contributed by atoms with Crippen LogP contribution in [0.4, 0.5) is 13.2 Å². The molecule has 0 amide bonds. The maximum absolute atomic E-state index is 12.9. The van der Waals surface area contributed by atoms with E-state index >= 15 is 0 Å². The standard InChI is InChI=1S/C11H14F3N/c1-8-6-4-5-7-9(8)10(2,15-3)11(12,13)14/h4-7,15H,1-3H3. The van der Waals surface area contributed by atoms with E-state index in [-0.39, 0.29) is 5.56 Å². The lowest BCUT2D eigenvalue weighted by Crippen LogP contribution is -2.50. The summed E-state index contributed by atoms with van der Waals surface area (Å²) >= 11 is 0. The maximum atomic E-state index is 12.9. The molecule has 0 saturated heterocycles. The second-order valence-corrected chi connectivity index (χ2v) is 3.69. The average molecular weight is 217 g/mol. The average Bonchev–Trinajstić information content (AvgIpc) is 2.15. The van der Waals surface area contributed by atoms with Gasteiger partial charge in [0.15, 0.2) is 0 Å². The highest BCUT2D eigenvalue weighted by atomic mass is 19.4. The van der Waals surface area contributed by atoms with Crippen LogP contribution in [-0.2, 0) is 5.54 Å². The van der Waals surface area contributed by atoms with Gasteiger partial charge in [0.1, 0.15) is 5.54 Å². The SMILES string of the molecule is CNC(C)(c1ccccc1C)C(F)(F)F. The fourth-order valence-electron chi connectivity index (χ4n) is 1.56. The molecule has 1 unspecified atom stereocenters. The number of halogens is 3. The summed E-state index contributed by atoms with van der Waals surface area (Å²) in [7, 11) is 1.32. The van der Waals surface area contributed by atoms with Gasteiger partial charge in [-0.1, -0.05) is 24.3 Å². The Balaban J connectivity index is 3.30. The molecule has 0 fully saturated rings. The molecule has 0 aromatic heterocycles. The summed E-state index contributed by atoms with van der Waals surface area (Å²) in [5.74, 6) is 0. The highest BCUT2D eigenvalue weighted by Gasteiger charge is 2.51. The summed E-state index contributed by atoms with van der Waals surface area (Å²) in [5.41, 5.74) is -1.09. The lowest BCUT2D eigenvalue weighted by Gasteiger charge is -2.33. The van der Waals surface area contributed by atoms with Gasteiger partial charge in [-0.2, -0.15) is 13.2 Å². The van der Waals surface area contributed by atoms with Crippen molar-refractivity contribution in [2.45, 2.75) is 25.6 Å². The smallest absolute Gasteiger partial charge is 0.303 e. The van der Waals surface area contributed by atoms with E-state index in [0.717, 1.165) is 6.92 Å². The molecule has 0 aliphatic carbocycles. The first-order valence-electron chi connectivity index (χ1n) is 4.64. The Hall–Kier alpha value is -1.03. The largest absolute Gasteiger partial charge is 0.410 e. The number of hydrogen-bond acceptors (Lipinski definition) is 1. The zero-order chi connectivity index (χ0) is 11.7. The number of rotatable bonds is 2. The van der Waals surface area contributed by atoms with Crippen molar-refractivity contribution in [3.63, 3.8) is 0 Å². The fraction of sp³-hybridized carbons (Fsp3) is 0.455. The third kappa shape index (κ3) is 2.00. The van der Waals surface area contributed by atoms with Crippen LogP contribution in [0.2, 0.25) is 0 Å². The predicted octanol–water partition coefficient (Wildman–Crippen LogP) is 2.99. The quantitative estimate of drug-likeness (QED) is 0.803. The van der Waals surface area contributed by atoms with Gasteiger partial charge in [-0.25, -0.2) is 0 Å². The van der Waals surface area contributed by atoms with Gasteiger partial charge in [0.05, 0.1) is 0 Å². The van der Waals surface area contributed by atoms with Crippen LogP contribution in [0.5, 0.6) is 0 Å². The van der Waals surface area contributed by atoms with Crippen molar-refractivity contribution in [1.82, 2.24) is 5.32 Å². The molecule has 1 nitrogen and oxygen atoms in total. The molecule has 0 saturated carbocycles. The first-order valence-corrected chi connectivity index (χ1v) is 4.64. The molecule has 1 N–H and O–H groups in total. The van der Waals surface area contributed by atoms with E-state index in [1.807, 2.05) is 0 Å². The monoisotopic (exact) mass is 217 g/mol. The Kier molecular flexibility index (Phi) is 3.09. The Morgan fingerprint density at radius 2 is 1.67 bits per heavy atom. The maximum Gasteiger partial charge on any atom is 0.410 e. The van der Waals surface area contributed by atoms with Crippen molar-refractivity contribution in [3.05, 3.63) is 35.4 Å². The highest BCUT2D eigenvalue weighted by Crippen LogP contribution is 2.39. The van der Waals surface area contributed by atoms with E-state index < -0.39 is 11.7 Å². The number of benzene rings is 1. The summed E-state index contributed by atoms with van der Waals surface area (Å²) in [5, 5.41) is 2.35. The van der Waals surface area contributed by atoms with E-state index in [4.69, 9.17) is 0 Å². The Morgan fingerprint density at radius 3 is 2.07 bits per heavy atom. The number of hydrogen-bond donors (Lipinski definition) is 1. The number of aryl methyl sites for hydroxylation is 1. The third-order valence-corrected chi connectivity index (χ3v) is 2.75. The molecule has 4 heteroatoms. The van der Waals surface area contributed by atoms with E-state index in [2.05, 4.69) is 5.32 Å². The van der Waals surface area contributed by atoms with E-state index in [9.17, 15) is 13.2 Å². The van der Waals surface area contributed by atoms with Gasteiger partial charge in [0, 0.05) is 0 Å². The predicted molar refractivity (Wildman–Crippen MR) is 53.6 cm³/mol. The van der Waals surface area contributed by atoms with Gasteiger partial charge in [-0.15, -0.1) is 0 Å². The lowest BCUT2D eigenvalue weighted by atomic mass is 9.88. The van der Waals surface area contributed by atoms with Gasteiger partial charge in [-0.05, 0) is 32.0 Å². The summed E-state index contributed by atoms with van der Waals surface area (Å²) in [6, 6.07) is 6.52. The molecule has 84 valence electrons. The van der Waals surface area contributed by atoms with Crippen molar-refractivity contribution in [2.24, 2.45) is 0 Å². The molecule has 1 atom stereocenters. The number of nitrogens with one attached hydrogen (secondary N) is 1. The molecule has 1 aromatic rings. The van der Waals surface area contributed by atoms with Crippen LogP contribution in [0.15, 0.2) is 24.3 Å². The Labute approximate surface area is 87.3 Å². The van der Waals surface area contributed by atoms with Crippen LogP contribution in [-0.4, -0.2) is 13.2 Å². The van der Waals surface area contributed by atoms with E-state index in [1.165, 1.54) is 13.1 Å². The molecule has 15 heavy (non-hydrogen) atoms. The minimum atomic E-state index is -4.31. The molecule has 0 bridgehead atoms. The van der Waals surface area contributed by atoms with Crippen LogP contribution in [0.3, 0.4) is 0 Å². The van der Waals surface area contributed by atoms with Crippen molar-refractivity contribution in [3.8, 4) is 0 Å². The van der Waals surface area contributed by atoms with E-state index in [0.29, 0.717) is 5.56 Å². The van der Waals surface area contributed by atoms with Crippen molar-refractivity contribution in [2.75, 3.05) is 7.05 Å². The molecular weight excluding hydrogens is 203 g/mol. The minimum absolute atomic E-state index is 0.264. The Morgan fingerprint density at radius 1 is 1.13 bits per heavy atom. The molecule has 0 spiro atoms. The molecular formula is C11H14F3N. The zero-order valence-electron chi connectivity index (χ0n) is 8.94. The highest BCUT2D eigenvalue weighted by molar-refractivity contribution is 5.33. The summed E-state index contributed by atoms with van der Waals surface area (Å²) in [4.78, 5) is 0. The van der Waals surface area contributed by atoms with Gasteiger partial charge in [-0.3, -0.25) is 0 Å². The summed E-state index contributed by atoms with van der Waals surface area (Å²) < 4.78 is 38.7. The second kappa shape index (κ2) is 3.85. The number of alkyl halides is 3. The van der Waals surface area contributed by atoms with Crippen molar-refractivity contribution < 1.29 is 13.2 Å². The summed E-state index contributed by atoms with van der Waals surface area (Å²) in [6.07, 6.45) is -4.31. The van der Waals surface area contributed by atoms with Gasteiger partial charge >= 0.3 is 6.18 Å². The first kappa shape index (κ1) is 12.0. The topological polar surface area (TPSA) is 12.0 Å². The minimum Gasteiger partial charge on any atom is -0.303 e. The second-order valence-electron chi connectivity index (χ2n) is 3.69. The van der Waals surface area contributed by atoms with Crippen LogP contribution in [0, 0.1) is 6.92 Å². The zero-order valence-corrected chi connectivity index (χ0v) is 8.94. The van der Waals surface area contributed by atoms with E-state index in [1.54, 1.807) is 25.1 Å². The molecule has 0 radical (unpaired) electrons. The van der Waals surface area contributed by atoms with Gasteiger partial charge in [0.25, 0.3) is 0 Å². The van der Waals surface area contributed by atoms with Crippen LogP contribution < -0.4 is 5.32 Å². The van der Waals surface area contributed by atoms with Crippen molar-refractivity contribution in [1.29, 1.82) is 0 Å². The van der Waals surface area contributed by atoms with Gasteiger partial charge < -0.3 is 5.32 Å². The van der Waals surface area contributed by atoms with Crippen LogP contribution >= 0.6 is 0 Å². The van der Waals surface area contributed by atoms with Gasteiger partial charge in [0.2, 0.25) is 0 Å². The lowest BCUT2D eigenvalue weighted by molar-refractivity contribution is -0.193. The fourth-order valence-corrected chi connectivity index (χ4v) is 1.56. The third-order valence-electron chi connectivity index (χ3n) is 2.75. The first-order chi connectivity index (χ1) is 6.83. The normalized spacial score (nSPS) is 16.1. The Bertz CT molecular complexity index is 346. The van der Waals surface area contributed by atoms with Crippen LogP contribution in [0.1, 0.15) is 18.1 Å². The molecule has 1 aromatic carbocycles. The van der Waals surface area contributed by atoms with Crippen molar-refractivity contribution >= 4 is 0 Å². The molecule has 0 aliphatic rings. The summed E-state index contributed by atoms with van der Waals surface area (Å²) in [6.45, 7) is 2.83. The molecule has 0 heterocycles. The molecule has 0 aliphatic heterocycles. The van der Waals surface area contributed by atoms with Crippen LogP contribution in [0.25, 0.3) is 0 Å². The molecule has 1 rings (SSSR count).